The molecule has 0 fully saturated rings. The molecule has 0 aromatic heterocycles. The number of benzene rings is 1. The van der Waals surface area contributed by atoms with Crippen LogP contribution in [0.5, 0.6) is 0 Å². The van der Waals surface area contributed by atoms with Gasteiger partial charge in [0.25, 0.3) is 11.6 Å². The topological polar surface area (TPSA) is 87.5 Å². The Bertz CT molecular complexity index is 503. The summed E-state index contributed by atoms with van der Waals surface area (Å²) in [6, 6.07) is 4.36. The van der Waals surface area contributed by atoms with Gasteiger partial charge in [-0.25, -0.2) is 0 Å². The molecule has 0 spiro atoms. The Labute approximate surface area is 124 Å². The monoisotopic (exact) mass is 294 g/mol. The fourth-order valence-corrected chi connectivity index (χ4v) is 1.82. The molecule has 1 aromatic rings. The third-order valence-corrected chi connectivity index (χ3v) is 2.89. The zero-order chi connectivity index (χ0) is 15.8. The molecule has 0 aliphatic rings. The molecule has 0 saturated heterocycles. The van der Waals surface area contributed by atoms with E-state index >= 15 is 0 Å². The van der Waals surface area contributed by atoms with Gasteiger partial charge in [-0.05, 0) is 25.1 Å². The molecule has 7 heteroatoms. The maximum atomic E-state index is 11.9. The Morgan fingerprint density at radius 1 is 1.29 bits per heavy atom. The van der Waals surface area contributed by atoms with Gasteiger partial charge in [0, 0.05) is 38.8 Å². The van der Waals surface area contributed by atoms with Gasteiger partial charge in [0.1, 0.15) is 5.69 Å². The van der Waals surface area contributed by atoms with Crippen LogP contribution in [0.2, 0.25) is 0 Å². The first-order valence-electron chi connectivity index (χ1n) is 6.92. The normalized spacial score (nSPS) is 10.2. The molecule has 1 amide bonds. The maximum absolute atomic E-state index is 11.9. The van der Waals surface area contributed by atoms with E-state index in [9.17, 15) is 14.9 Å². The number of nitrogens with one attached hydrogen (secondary N) is 2. The molecule has 0 aliphatic carbocycles. The molecular weight excluding hydrogens is 272 g/mol. The number of amides is 1. The van der Waals surface area contributed by atoms with Crippen LogP contribution in [0.1, 0.15) is 23.7 Å². The number of nitro benzene ring substituents is 1. The second-order valence-corrected chi connectivity index (χ2v) is 4.87. The summed E-state index contributed by atoms with van der Waals surface area (Å²) in [6.07, 6.45) is 1.03. The number of carbonyl (C=O) groups is 1. The fourth-order valence-electron chi connectivity index (χ4n) is 1.82. The molecule has 0 heterocycles. The average Bonchev–Trinajstić information content (AvgIpc) is 2.45. The van der Waals surface area contributed by atoms with E-state index in [1.54, 1.807) is 14.1 Å². The van der Waals surface area contributed by atoms with E-state index in [0.717, 1.165) is 13.0 Å². The molecule has 7 nitrogen and oxygen atoms in total. The molecule has 0 saturated carbocycles. The van der Waals surface area contributed by atoms with Crippen molar-refractivity contribution >= 4 is 17.3 Å². The lowest BCUT2D eigenvalue weighted by Gasteiger charge is -2.12. The van der Waals surface area contributed by atoms with Crippen molar-refractivity contribution in [1.29, 1.82) is 0 Å². The van der Waals surface area contributed by atoms with E-state index in [1.165, 1.54) is 23.1 Å². The first kappa shape index (κ1) is 16.9. The SMILES string of the molecule is CCCNCCNc1cc(C(=O)N(C)C)ccc1[N+](=O)[O-]. The molecule has 0 aliphatic heterocycles. The number of hydrogen-bond acceptors (Lipinski definition) is 5. The Morgan fingerprint density at radius 2 is 2.00 bits per heavy atom. The lowest BCUT2D eigenvalue weighted by atomic mass is 10.1. The number of nitrogens with zero attached hydrogens (tertiary/aromatic N) is 2. The number of nitro groups is 1. The van der Waals surface area contributed by atoms with Crippen LogP contribution in [0.4, 0.5) is 11.4 Å². The molecule has 0 unspecified atom stereocenters. The van der Waals surface area contributed by atoms with Crippen LogP contribution in [-0.2, 0) is 0 Å². The summed E-state index contributed by atoms with van der Waals surface area (Å²) in [5.41, 5.74) is 0.765. The molecule has 0 bridgehead atoms. The Morgan fingerprint density at radius 3 is 2.57 bits per heavy atom. The molecule has 0 atom stereocenters. The Balaban J connectivity index is 2.84. The van der Waals surface area contributed by atoms with Gasteiger partial charge >= 0.3 is 0 Å². The lowest BCUT2D eigenvalue weighted by Crippen LogP contribution is -2.24. The van der Waals surface area contributed by atoms with E-state index in [4.69, 9.17) is 0 Å². The highest BCUT2D eigenvalue weighted by Crippen LogP contribution is 2.25. The number of hydrogen-bond donors (Lipinski definition) is 2. The zero-order valence-corrected chi connectivity index (χ0v) is 12.7. The summed E-state index contributed by atoms with van der Waals surface area (Å²) in [6.45, 7) is 4.24. The third-order valence-electron chi connectivity index (χ3n) is 2.89. The molecule has 2 N–H and O–H groups in total. The lowest BCUT2D eigenvalue weighted by molar-refractivity contribution is -0.384. The number of carbonyl (C=O) groups excluding carboxylic acids is 1. The Hall–Kier alpha value is -2.15. The second-order valence-electron chi connectivity index (χ2n) is 4.87. The average molecular weight is 294 g/mol. The van der Waals surface area contributed by atoms with Gasteiger partial charge in [0.15, 0.2) is 0 Å². The summed E-state index contributed by atoms with van der Waals surface area (Å²) < 4.78 is 0. The van der Waals surface area contributed by atoms with Crippen molar-refractivity contribution in [2.75, 3.05) is 39.0 Å². The first-order chi connectivity index (χ1) is 9.97. The van der Waals surface area contributed by atoms with Crippen LogP contribution >= 0.6 is 0 Å². The largest absolute Gasteiger partial charge is 0.378 e. The molecule has 116 valence electrons. The van der Waals surface area contributed by atoms with E-state index in [-0.39, 0.29) is 11.6 Å². The minimum absolute atomic E-state index is 0.0270. The predicted molar refractivity (Wildman–Crippen MR) is 82.8 cm³/mol. The van der Waals surface area contributed by atoms with Crippen molar-refractivity contribution in [3.63, 3.8) is 0 Å². The van der Waals surface area contributed by atoms with Crippen LogP contribution in [0, 0.1) is 10.1 Å². The highest BCUT2D eigenvalue weighted by atomic mass is 16.6. The van der Waals surface area contributed by atoms with Crippen molar-refractivity contribution in [3.05, 3.63) is 33.9 Å². The van der Waals surface area contributed by atoms with Gasteiger partial charge in [0.05, 0.1) is 4.92 Å². The fraction of sp³-hybridized carbons (Fsp3) is 0.500. The summed E-state index contributed by atoms with van der Waals surface area (Å²) in [5.74, 6) is -0.183. The third kappa shape index (κ3) is 5.03. The van der Waals surface area contributed by atoms with Gasteiger partial charge < -0.3 is 15.5 Å². The minimum atomic E-state index is -0.453. The van der Waals surface area contributed by atoms with Crippen LogP contribution in [0.3, 0.4) is 0 Å². The summed E-state index contributed by atoms with van der Waals surface area (Å²) in [5, 5.41) is 17.2. The van der Waals surface area contributed by atoms with Crippen LogP contribution < -0.4 is 10.6 Å². The number of rotatable bonds is 8. The van der Waals surface area contributed by atoms with Crippen LogP contribution in [0.25, 0.3) is 0 Å². The minimum Gasteiger partial charge on any atom is -0.378 e. The van der Waals surface area contributed by atoms with Crippen molar-refractivity contribution in [1.82, 2.24) is 10.2 Å². The predicted octanol–water partition coefficient (Wildman–Crippen LogP) is 1.71. The second kappa shape index (κ2) is 8.21. The van der Waals surface area contributed by atoms with Gasteiger partial charge in [-0.1, -0.05) is 6.92 Å². The van der Waals surface area contributed by atoms with E-state index in [0.29, 0.717) is 24.3 Å². The first-order valence-corrected chi connectivity index (χ1v) is 6.92. The highest BCUT2D eigenvalue weighted by Gasteiger charge is 2.17. The Kier molecular flexibility index (Phi) is 6.61. The van der Waals surface area contributed by atoms with Gasteiger partial charge in [-0.2, -0.15) is 0 Å². The van der Waals surface area contributed by atoms with Crippen molar-refractivity contribution in [2.45, 2.75) is 13.3 Å². The zero-order valence-electron chi connectivity index (χ0n) is 12.7. The highest BCUT2D eigenvalue weighted by molar-refractivity contribution is 5.95. The summed E-state index contributed by atoms with van der Waals surface area (Å²) >= 11 is 0. The molecular formula is C14H22N4O3. The quantitative estimate of drug-likeness (QED) is 0.433. The van der Waals surface area contributed by atoms with Crippen LogP contribution in [0.15, 0.2) is 18.2 Å². The van der Waals surface area contributed by atoms with Gasteiger partial charge in [-0.15, -0.1) is 0 Å². The standard InChI is InChI=1S/C14H22N4O3/c1-4-7-15-8-9-16-12-10-11(14(19)17(2)3)5-6-13(12)18(20)21/h5-6,10,15-16H,4,7-9H2,1-3H3. The van der Waals surface area contributed by atoms with E-state index in [1.807, 2.05) is 0 Å². The molecule has 0 radical (unpaired) electrons. The molecule has 1 rings (SSSR count). The summed E-state index contributed by atoms with van der Waals surface area (Å²) in [4.78, 5) is 23.9. The molecule has 1 aromatic carbocycles. The van der Waals surface area contributed by atoms with E-state index < -0.39 is 4.92 Å². The maximum Gasteiger partial charge on any atom is 0.292 e. The van der Waals surface area contributed by atoms with Crippen molar-refractivity contribution in [3.8, 4) is 0 Å². The van der Waals surface area contributed by atoms with Gasteiger partial charge in [-0.3, -0.25) is 14.9 Å². The van der Waals surface area contributed by atoms with Crippen molar-refractivity contribution < 1.29 is 9.72 Å². The summed E-state index contributed by atoms with van der Waals surface area (Å²) in [7, 11) is 3.29. The number of anilines is 1. The van der Waals surface area contributed by atoms with Crippen molar-refractivity contribution in [2.24, 2.45) is 0 Å². The molecule has 21 heavy (non-hydrogen) atoms. The van der Waals surface area contributed by atoms with E-state index in [2.05, 4.69) is 17.6 Å². The van der Waals surface area contributed by atoms with Crippen LogP contribution in [-0.4, -0.2) is 49.5 Å². The smallest absolute Gasteiger partial charge is 0.292 e. The van der Waals surface area contributed by atoms with Gasteiger partial charge in [0.2, 0.25) is 0 Å².